The maximum atomic E-state index is 10.5. The lowest BCUT2D eigenvalue weighted by atomic mass is 9.94. The summed E-state index contributed by atoms with van der Waals surface area (Å²) in [6, 6.07) is 3.94. The topological polar surface area (TPSA) is 120 Å². The highest BCUT2D eigenvalue weighted by molar-refractivity contribution is 5.35. The number of ether oxygens (including phenoxy) is 2. The standard InChI is InChI=1S/C22H33N5O4/c1-13-16(6-4-14-5-7-18(31-3)24-12-14)20(27-21(25-13)23-8-9-30-2)26-15-10-17-19(28)22(17,29)11-15/h5,7,12-13,15-17,19-21,23,25-29H,8-11H2,1-3H3. The van der Waals surface area contributed by atoms with Crippen molar-refractivity contribution in [2.45, 2.75) is 56.0 Å². The van der Waals surface area contributed by atoms with E-state index in [1.807, 2.05) is 6.07 Å². The fourth-order valence-electron chi connectivity index (χ4n) is 4.76. The summed E-state index contributed by atoms with van der Waals surface area (Å²) in [7, 11) is 3.27. The Morgan fingerprint density at radius 1 is 1.32 bits per heavy atom. The number of nitrogens with zero attached hydrogens (tertiary/aromatic N) is 1. The van der Waals surface area contributed by atoms with E-state index in [0.717, 1.165) is 12.0 Å². The number of aliphatic hydroxyl groups is 2. The third kappa shape index (κ3) is 4.86. The fourth-order valence-corrected chi connectivity index (χ4v) is 4.76. The summed E-state index contributed by atoms with van der Waals surface area (Å²) in [5, 5.41) is 34.4. The van der Waals surface area contributed by atoms with Crippen LogP contribution in [-0.4, -0.2) is 78.8 Å². The van der Waals surface area contributed by atoms with Crippen molar-refractivity contribution in [2.24, 2.45) is 11.8 Å². The minimum Gasteiger partial charge on any atom is -0.481 e. The molecule has 0 radical (unpaired) electrons. The first-order valence-electron chi connectivity index (χ1n) is 10.9. The molecule has 4 rings (SSSR count). The van der Waals surface area contributed by atoms with Gasteiger partial charge in [0.15, 0.2) is 0 Å². The van der Waals surface area contributed by atoms with Gasteiger partial charge in [0.1, 0.15) is 6.29 Å². The van der Waals surface area contributed by atoms with Crippen molar-refractivity contribution in [1.29, 1.82) is 0 Å². The van der Waals surface area contributed by atoms with Crippen LogP contribution < -0.4 is 26.0 Å². The molecule has 2 aliphatic carbocycles. The second kappa shape index (κ2) is 9.38. The van der Waals surface area contributed by atoms with Gasteiger partial charge in [-0.05, 0) is 25.8 Å². The molecule has 0 aromatic carbocycles. The van der Waals surface area contributed by atoms with Gasteiger partial charge in [0.25, 0.3) is 0 Å². The molecule has 3 fully saturated rings. The Labute approximate surface area is 183 Å². The van der Waals surface area contributed by atoms with Gasteiger partial charge >= 0.3 is 0 Å². The Balaban J connectivity index is 1.45. The molecule has 1 saturated heterocycles. The molecule has 0 amide bonds. The van der Waals surface area contributed by atoms with Gasteiger partial charge in [-0.2, -0.15) is 0 Å². The normalized spacial score (nSPS) is 38.8. The van der Waals surface area contributed by atoms with E-state index >= 15 is 0 Å². The highest BCUT2D eigenvalue weighted by atomic mass is 16.5. The van der Waals surface area contributed by atoms with Crippen LogP contribution in [0.4, 0.5) is 0 Å². The largest absolute Gasteiger partial charge is 0.481 e. The van der Waals surface area contributed by atoms with E-state index in [1.54, 1.807) is 26.5 Å². The average Bonchev–Trinajstić information content (AvgIpc) is 3.07. The zero-order chi connectivity index (χ0) is 22.0. The molecule has 6 N–H and O–H groups in total. The lowest BCUT2D eigenvalue weighted by molar-refractivity contribution is 0.0698. The minimum atomic E-state index is -0.914. The highest BCUT2D eigenvalue weighted by Crippen LogP contribution is 2.55. The Morgan fingerprint density at radius 2 is 2.16 bits per heavy atom. The summed E-state index contributed by atoms with van der Waals surface area (Å²) in [6.07, 6.45) is 2.28. The van der Waals surface area contributed by atoms with Gasteiger partial charge in [0.2, 0.25) is 5.88 Å². The number of pyridine rings is 1. The summed E-state index contributed by atoms with van der Waals surface area (Å²) in [4.78, 5) is 4.22. The molecule has 8 unspecified atom stereocenters. The number of methoxy groups -OCH3 is 2. The molecular formula is C22H33N5O4. The predicted octanol–water partition coefficient (Wildman–Crippen LogP) is -1.04. The number of aliphatic hydroxyl groups excluding tert-OH is 1. The van der Waals surface area contributed by atoms with Crippen molar-refractivity contribution >= 4 is 0 Å². The van der Waals surface area contributed by atoms with Gasteiger partial charge in [-0.3, -0.25) is 21.3 Å². The maximum absolute atomic E-state index is 10.5. The van der Waals surface area contributed by atoms with E-state index in [9.17, 15) is 10.2 Å². The number of fused-ring (bicyclic) bond motifs is 1. The van der Waals surface area contributed by atoms with E-state index in [-0.39, 0.29) is 36.4 Å². The summed E-state index contributed by atoms with van der Waals surface area (Å²) >= 11 is 0. The van der Waals surface area contributed by atoms with Crippen molar-refractivity contribution in [1.82, 2.24) is 26.3 Å². The quantitative estimate of drug-likeness (QED) is 0.238. The summed E-state index contributed by atoms with van der Waals surface area (Å²) < 4.78 is 10.2. The molecule has 3 aliphatic rings. The molecule has 9 nitrogen and oxygen atoms in total. The van der Waals surface area contributed by atoms with Gasteiger partial charge in [-0.15, -0.1) is 0 Å². The number of rotatable bonds is 7. The van der Waals surface area contributed by atoms with Crippen LogP contribution in [0.1, 0.15) is 25.3 Å². The van der Waals surface area contributed by atoms with Gasteiger partial charge in [0, 0.05) is 49.5 Å². The maximum Gasteiger partial charge on any atom is 0.212 e. The minimum absolute atomic E-state index is 0.0148. The predicted molar refractivity (Wildman–Crippen MR) is 115 cm³/mol. The van der Waals surface area contributed by atoms with Gasteiger partial charge in [-0.25, -0.2) is 4.98 Å². The van der Waals surface area contributed by atoms with Crippen LogP contribution in [0.15, 0.2) is 18.3 Å². The third-order valence-corrected chi connectivity index (χ3v) is 6.61. The smallest absolute Gasteiger partial charge is 0.212 e. The van der Waals surface area contributed by atoms with Crippen LogP contribution in [0.3, 0.4) is 0 Å². The van der Waals surface area contributed by atoms with E-state index < -0.39 is 11.7 Å². The zero-order valence-electron chi connectivity index (χ0n) is 18.3. The summed E-state index contributed by atoms with van der Waals surface area (Å²) in [5.74, 6) is 7.15. The van der Waals surface area contributed by atoms with E-state index in [2.05, 4.69) is 45.0 Å². The molecule has 0 spiro atoms. The molecule has 2 saturated carbocycles. The van der Waals surface area contributed by atoms with E-state index in [0.29, 0.717) is 25.5 Å². The van der Waals surface area contributed by atoms with Crippen molar-refractivity contribution < 1.29 is 19.7 Å². The number of hydrogen-bond acceptors (Lipinski definition) is 9. The van der Waals surface area contributed by atoms with E-state index in [4.69, 9.17) is 9.47 Å². The Hall–Kier alpha value is -1.77. The molecule has 9 heteroatoms. The molecule has 1 aromatic heterocycles. The molecule has 31 heavy (non-hydrogen) atoms. The number of nitrogens with one attached hydrogen (secondary N) is 4. The fraction of sp³-hybridized carbons (Fsp3) is 0.682. The lowest BCUT2D eigenvalue weighted by Crippen LogP contribution is -2.71. The Bertz CT molecular complexity index is 812. The molecule has 1 aliphatic heterocycles. The number of aromatic nitrogens is 1. The lowest BCUT2D eigenvalue weighted by Gasteiger charge is -2.42. The van der Waals surface area contributed by atoms with E-state index in [1.165, 1.54) is 0 Å². The van der Waals surface area contributed by atoms with Crippen LogP contribution in [0, 0.1) is 23.7 Å². The van der Waals surface area contributed by atoms with Crippen LogP contribution >= 0.6 is 0 Å². The van der Waals surface area contributed by atoms with Gasteiger partial charge in [-0.1, -0.05) is 11.8 Å². The summed E-state index contributed by atoms with van der Waals surface area (Å²) in [5.41, 5.74) is -0.0888. The first-order chi connectivity index (χ1) is 14.9. The SMILES string of the molecule is COCCNC1NC(C)C(C#Cc2ccc(OC)nc2)C(NC2CC3C(O)C3(O)C2)N1. The first kappa shape index (κ1) is 22.4. The average molecular weight is 432 g/mol. The molecule has 8 atom stereocenters. The molecule has 2 heterocycles. The van der Waals surface area contributed by atoms with Crippen molar-refractivity contribution in [3.8, 4) is 17.7 Å². The van der Waals surface area contributed by atoms with Gasteiger partial charge in [0.05, 0.1) is 37.5 Å². The molecule has 0 bridgehead atoms. The first-order valence-corrected chi connectivity index (χ1v) is 10.9. The van der Waals surface area contributed by atoms with Crippen LogP contribution in [0.2, 0.25) is 0 Å². The molecule has 1 aromatic rings. The zero-order valence-corrected chi connectivity index (χ0v) is 18.3. The summed E-state index contributed by atoms with van der Waals surface area (Å²) in [6.45, 7) is 3.46. The van der Waals surface area contributed by atoms with Gasteiger partial charge < -0.3 is 19.7 Å². The monoisotopic (exact) mass is 431 g/mol. The third-order valence-electron chi connectivity index (χ3n) is 6.61. The van der Waals surface area contributed by atoms with Crippen LogP contribution in [-0.2, 0) is 4.74 Å². The van der Waals surface area contributed by atoms with Crippen molar-refractivity contribution in [3.63, 3.8) is 0 Å². The Morgan fingerprint density at radius 3 is 2.81 bits per heavy atom. The second-order valence-electron chi connectivity index (χ2n) is 8.71. The van der Waals surface area contributed by atoms with Crippen molar-refractivity contribution in [3.05, 3.63) is 23.9 Å². The number of hydrogen-bond donors (Lipinski definition) is 6. The second-order valence-corrected chi connectivity index (χ2v) is 8.71. The van der Waals surface area contributed by atoms with Crippen LogP contribution in [0.5, 0.6) is 5.88 Å². The van der Waals surface area contributed by atoms with Crippen molar-refractivity contribution in [2.75, 3.05) is 27.4 Å². The molecule has 170 valence electrons. The highest BCUT2D eigenvalue weighted by Gasteiger charge is 2.68. The van der Waals surface area contributed by atoms with Crippen LogP contribution in [0.25, 0.3) is 0 Å². The Kier molecular flexibility index (Phi) is 6.79. The molecular weight excluding hydrogens is 398 g/mol.